The van der Waals surface area contributed by atoms with Crippen LogP contribution in [0.2, 0.25) is 0 Å². The van der Waals surface area contributed by atoms with Gasteiger partial charge in [0.2, 0.25) is 5.89 Å². The molecule has 3 heteroatoms. The molecule has 4 rings (SSSR count). The number of hydrogen-bond acceptors (Lipinski definition) is 3. The van der Waals surface area contributed by atoms with Crippen LogP contribution in [0.5, 0.6) is 0 Å². The topological polar surface area (TPSA) is 38.9 Å². The van der Waals surface area contributed by atoms with Crippen LogP contribution in [0.25, 0.3) is 34.0 Å². The molecule has 0 saturated heterocycles. The number of pyridine rings is 1. The lowest BCUT2D eigenvalue weighted by Gasteiger charge is -2.00. The summed E-state index contributed by atoms with van der Waals surface area (Å²) in [4.78, 5) is 8.70. The van der Waals surface area contributed by atoms with Crippen LogP contribution in [0, 0.1) is 0 Å². The van der Waals surface area contributed by atoms with Crippen molar-refractivity contribution in [2.45, 2.75) is 0 Å². The van der Waals surface area contributed by atoms with E-state index in [1.165, 1.54) is 5.39 Å². The molecule has 0 amide bonds. The van der Waals surface area contributed by atoms with E-state index in [0.717, 1.165) is 22.0 Å². The molecule has 0 N–H and O–H groups in total. The minimum atomic E-state index is 0.601. The summed E-state index contributed by atoms with van der Waals surface area (Å²) in [6.07, 6.45) is 7.58. The highest BCUT2D eigenvalue weighted by Gasteiger charge is 2.02. The highest BCUT2D eigenvalue weighted by Crippen LogP contribution is 2.20. The number of fused-ring (bicyclic) bond motifs is 2. The number of nitrogens with zero attached hydrogens (tertiary/aromatic N) is 2. The monoisotopic (exact) mass is 272 g/mol. The molecule has 0 saturated carbocycles. The van der Waals surface area contributed by atoms with E-state index in [1.54, 1.807) is 0 Å². The second-order valence-electron chi connectivity index (χ2n) is 4.80. The quantitative estimate of drug-likeness (QED) is 0.537. The van der Waals surface area contributed by atoms with Crippen LogP contribution in [0.3, 0.4) is 0 Å². The minimum absolute atomic E-state index is 0.601. The molecular formula is C18H12N2O. The zero-order valence-electron chi connectivity index (χ0n) is 11.2. The van der Waals surface area contributed by atoms with E-state index in [1.807, 2.05) is 60.9 Å². The largest absolute Gasteiger partial charge is 0.437 e. The Morgan fingerprint density at radius 1 is 0.857 bits per heavy atom. The van der Waals surface area contributed by atoms with E-state index in [9.17, 15) is 0 Å². The maximum Gasteiger partial charge on any atom is 0.220 e. The molecule has 0 radical (unpaired) electrons. The molecule has 0 fully saturated rings. The zero-order valence-corrected chi connectivity index (χ0v) is 11.2. The van der Waals surface area contributed by atoms with Crippen molar-refractivity contribution < 1.29 is 4.42 Å². The van der Waals surface area contributed by atoms with Crippen molar-refractivity contribution in [3.63, 3.8) is 0 Å². The number of rotatable bonds is 2. The summed E-state index contributed by atoms with van der Waals surface area (Å²) in [6.45, 7) is 0. The fourth-order valence-corrected chi connectivity index (χ4v) is 2.40. The second kappa shape index (κ2) is 4.87. The maximum absolute atomic E-state index is 5.68. The number of hydrogen-bond donors (Lipinski definition) is 0. The van der Waals surface area contributed by atoms with E-state index in [0.29, 0.717) is 5.89 Å². The first-order valence-electron chi connectivity index (χ1n) is 6.76. The molecule has 0 spiro atoms. The first kappa shape index (κ1) is 11.9. The average Bonchev–Trinajstić information content (AvgIpc) is 2.96. The molecule has 0 unspecified atom stereocenters. The normalized spacial score (nSPS) is 11.6. The molecule has 3 nitrogen and oxygen atoms in total. The van der Waals surface area contributed by atoms with Crippen molar-refractivity contribution in [2.75, 3.05) is 0 Å². The number of benzene rings is 2. The molecule has 2 heterocycles. The predicted octanol–water partition coefficient (Wildman–Crippen LogP) is 4.55. The van der Waals surface area contributed by atoms with Crippen molar-refractivity contribution >= 4 is 34.0 Å². The summed E-state index contributed by atoms with van der Waals surface area (Å²) in [7, 11) is 0. The predicted molar refractivity (Wildman–Crippen MR) is 84.7 cm³/mol. The Bertz CT molecular complexity index is 915. The number of para-hydroxylation sites is 2. The maximum atomic E-state index is 5.68. The lowest BCUT2D eigenvalue weighted by Crippen LogP contribution is -1.81. The van der Waals surface area contributed by atoms with Crippen LogP contribution >= 0.6 is 0 Å². The summed E-state index contributed by atoms with van der Waals surface area (Å²) in [5.74, 6) is 0.601. The van der Waals surface area contributed by atoms with Gasteiger partial charge in [0.05, 0.1) is 0 Å². The van der Waals surface area contributed by atoms with Crippen molar-refractivity contribution in [3.8, 4) is 0 Å². The number of aromatic nitrogens is 2. The van der Waals surface area contributed by atoms with Crippen molar-refractivity contribution in [1.82, 2.24) is 9.97 Å². The Kier molecular flexibility index (Phi) is 2.75. The summed E-state index contributed by atoms with van der Waals surface area (Å²) < 4.78 is 5.68. The Hall–Kier alpha value is -2.94. The molecule has 100 valence electrons. The van der Waals surface area contributed by atoms with Crippen LogP contribution in [-0.2, 0) is 0 Å². The van der Waals surface area contributed by atoms with Crippen molar-refractivity contribution in [3.05, 3.63) is 72.4 Å². The third-order valence-electron chi connectivity index (χ3n) is 3.41. The fraction of sp³-hybridized carbons (Fsp3) is 0. The lowest BCUT2D eigenvalue weighted by molar-refractivity contribution is 0.590. The molecule has 0 aliphatic heterocycles. The first-order valence-corrected chi connectivity index (χ1v) is 6.76. The molecule has 0 aliphatic rings. The smallest absolute Gasteiger partial charge is 0.220 e. The van der Waals surface area contributed by atoms with Gasteiger partial charge in [0, 0.05) is 29.4 Å². The van der Waals surface area contributed by atoms with Crippen LogP contribution < -0.4 is 0 Å². The molecule has 2 aromatic heterocycles. The summed E-state index contributed by atoms with van der Waals surface area (Å²) in [5.41, 5.74) is 2.72. The van der Waals surface area contributed by atoms with Gasteiger partial charge in [0.1, 0.15) is 5.52 Å². The fourth-order valence-electron chi connectivity index (χ4n) is 2.40. The minimum Gasteiger partial charge on any atom is -0.437 e. The van der Waals surface area contributed by atoms with Crippen molar-refractivity contribution in [2.24, 2.45) is 0 Å². The van der Waals surface area contributed by atoms with Crippen molar-refractivity contribution in [1.29, 1.82) is 0 Å². The molecule has 2 aromatic carbocycles. The van der Waals surface area contributed by atoms with Gasteiger partial charge in [-0.2, -0.15) is 0 Å². The Morgan fingerprint density at radius 3 is 2.67 bits per heavy atom. The van der Waals surface area contributed by atoms with E-state index in [-0.39, 0.29) is 0 Å². The van der Waals surface area contributed by atoms with Gasteiger partial charge in [-0.3, -0.25) is 4.98 Å². The molecular weight excluding hydrogens is 260 g/mol. The van der Waals surface area contributed by atoms with Crippen LogP contribution in [0.4, 0.5) is 0 Å². The van der Waals surface area contributed by atoms with E-state index in [4.69, 9.17) is 4.42 Å². The second-order valence-corrected chi connectivity index (χ2v) is 4.80. The van der Waals surface area contributed by atoms with Gasteiger partial charge >= 0.3 is 0 Å². The van der Waals surface area contributed by atoms with Gasteiger partial charge < -0.3 is 4.42 Å². The Labute approximate surface area is 121 Å². The average molecular weight is 272 g/mol. The summed E-state index contributed by atoms with van der Waals surface area (Å²) in [6, 6.07) is 15.9. The van der Waals surface area contributed by atoms with Gasteiger partial charge in [-0.1, -0.05) is 36.4 Å². The summed E-state index contributed by atoms with van der Waals surface area (Å²) in [5, 5.41) is 2.29. The highest BCUT2D eigenvalue weighted by molar-refractivity contribution is 5.91. The van der Waals surface area contributed by atoms with Gasteiger partial charge in [-0.15, -0.1) is 0 Å². The third-order valence-corrected chi connectivity index (χ3v) is 3.41. The van der Waals surface area contributed by atoms with Gasteiger partial charge in [0.25, 0.3) is 0 Å². The Morgan fingerprint density at radius 2 is 1.71 bits per heavy atom. The van der Waals surface area contributed by atoms with Crippen LogP contribution in [0.15, 0.2) is 65.3 Å². The van der Waals surface area contributed by atoms with Crippen LogP contribution in [0.1, 0.15) is 11.5 Å². The molecule has 0 atom stereocenters. The summed E-state index contributed by atoms with van der Waals surface area (Å²) >= 11 is 0. The zero-order chi connectivity index (χ0) is 14.1. The standard InChI is InChI=1S/C18H12N2O/c1-2-6-15-13(5-1)11-19-12-14(15)9-10-18-20-16-7-3-4-8-17(16)21-18/h1-12H/b10-9+. The van der Waals surface area contributed by atoms with Gasteiger partial charge in [-0.05, 0) is 23.6 Å². The third kappa shape index (κ3) is 2.19. The molecule has 21 heavy (non-hydrogen) atoms. The first-order chi connectivity index (χ1) is 10.4. The number of oxazole rings is 1. The van der Waals surface area contributed by atoms with E-state index < -0.39 is 0 Å². The SMILES string of the molecule is C(=C\c1cncc2ccccc12)/c1nc2ccccc2o1. The highest BCUT2D eigenvalue weighted by atomic mass is 16.3. The molecule has 0 bridgehead atoms. The van der Waals surface area contributed by atoms with Gasteiger partial charge in [0.15, 0.2) is 5.58 Å². The van der Waals surface area contributed by atoms with E-state index in [2.05, 4.69) is 22.1 Å². The van der Waals surface area contributed by atoms with Gasteiger partial charge in [-0.25, -0.2) is 4.98 Å². The van der Waals surface area contributed by atoms with E-state index >= 15 is 0 Å². The lowest BCUT2D eigenvalue weighted by atomic mass is 10.1. The molecule has 4 aromatic rings. The van der Waals surface area contributed by atoms with Crippen LogP contribution in [-0.4, -0.2) is 9.97 Å². The Balaban J connectivity index is 1.76. The molecule has 0 aliphatic carbocycles.